The van der Waals surface area contributed by atoms with Crippen LogP contribution in [0.3, 0.4) is 0 Å². The number of hydrogen-bond donors (Lipinski definition) is 2. The lowest BCUT2D eigenvalue weighted by molar-refractivity contribution is -0.159. The maximum atomic E-state index is 9.10. The lowest BCUT2D eigenvalue weighted by Gasteiger charge is -2.11. The summed E-state index contributed by atoms with van der Waals surface area (Å²) in [6.07, 6.45) is 9.01. The molecule has 0 aromatic carbocycles. The minimum absolute atomic E-state index is 0.781. The summed E-state index contributed by atoms with van der Waals surface area (Å²) in [7, 11) is 2.06. The van der Waals surface area contributed by atoms with Gasteiger partial charge in [-0.15, -0.1) is 6.42 Å². The van der Waals surface area contributed by atoms with Crippen molar-refractivity contribution in [2.45, 2.75) is 26.2 Å². The van der Waals surface area contributed by atoms with Crippen molar-refractivity contribution in [3.05, 3.63) is 0 Å². The molecule has 5 heteroatoms. The Morgan fingerprint density at radius 1 is 1.25 bits per heavy atom. The predicted molar refractivity (Wildman–Crippen MR) is 61.1 cm³/mol. The van der Waals surface area contributed by atoms with E-state index in [1.165, 1.54) is 19.3 Å². The van der Waals surface area contributed by atoms with Crippen LogP contribution in [0.2, 0.25) is 0 Å². The van der Waals surface area contributed by atoms with Crippen LogP contribution in [0.4, 0.5) is 0 Å². The number of nitrogens with zero attached hydrogens (tertiary/aromatic N) is 1. The fourth-order valence-corrected chi connectivity index (χ4v) is 0.867. The van der Waals surface area contributed by atoms with E-state index < -0.39 is 11.9 Å². The highest BCUT2D eigenvalue weighted by Gasteiger charge is 2.04. The van der Waals surface area contributed by atoms with Gasteiger partial charge in [-0.1, -0.05) is 25.7 Å². The molecule has 92 valence electrons. The molecule has 0 fully saturated rings. The number of aliphatic carboxylic acids is 2. The molecule has 2 N–H and O–H groups in total. The first-order chi connectivity index (χ1) is 7.45. The molecule has 16 heavy (non-hydrogen) atoms. The first kappa shape index (κ1) is 16.9. The van der Waals surface area contributed by atoms with Gasteiger partial charge < -0.3 is 10.2 Å². The lowest BCUT2D eigenvalue weighted by Crippen LogP contribution is -2.19. The lowest BCUT2D eigenvalue weighted by atomic mass is 10.2. The average Bonchev–Trinajstić information content (AvgIpc) is 2.19. The summed E-state index contributed by atoms with van der Waals surface area (Å²) in [4.78, 5) is 20.4. The fraction of sp³-hybridized carbons (Fsp3) is 0.636. The molecule has 0 atom stereocenters. The number of unbranched alkanes of at least 4 members (excludes halogenated alkanes) is 2. The van der Waals surface area contributed by atoms with Gasteiger partial charge in [0.15, 0.2) is 0 Å². The van der Waals surface area contributed by atoms with Crippen LogP contribution in [-0.4, -0.2) is 47.2 Å². The Morgan fingerprint density at radius 2 is 1.75 bits per heavy atom. The Balaban J connectivity index is 0. The van der Waals surface area contributed by atoms with E-state index in [0.717, 1.165) is 13.1 Å². The molecule has 0 saturated heterocycles. The molecule has 0 aliphatic rings. The van der Waals surface area contributed by atoms with E-state index in [-0.39, 0.29) is 0 Å². The van der Waals surface area contributed by atoms with Crippen molar-refractivity contribution in [3.8, 4) is 12.3 Å². The molecule has 0 amide bonds. The summed E-state index contributed by atoms with van der Waals surface area (Å²) < 4.78 is 0. The average molecular weight is 229 g/mol. The van der Waals surface area contributed by atoms with Gasteiger partial charge in [0, 0.05) is 0 Å². The van der Waals surface area contributed by atoms with Crippen molar-refractivity contribution in [2.75, 3.05) is 20.1 Å². The summed E-state index contributed by atoms with van der Waals surface area (Å²) in [6, 6.07) is 0. The van der Waals surface area contributed by atoms with Crippen molar-refractivity contribution in [1.29, 1.82) is 0 Å². The van der Waals surface area contributed by atoms with Crippen LogP contribution < -0.4 is 0 Å². The van der Waals surface area contributed by atoms with Gasteiger partial charge in [0.05, 0.1) is 6.54 Å². The third-order valence-corrected chi connectivity index (χ3v) is 1.69. The van der Waals surface area contributed by atoms with Gasteiger partial charge in [0.2, 0.25) is 0 Å². The molecule has 0 heterocycles. The highest BCUT2D eigenvalue weighted by atomic mass is 16.4. The number of carboxylic acids is 2. The van der Waals surface area contributed by atoms with E-state index in [4.69, 9.17) is 26.2 Å². The second-order valence-electron chi connectivity index (χ2n) is 3.26. The van der Waals surface area contributed by atoms with Crippen LogP contribution in [0.15, 0.2) is 0 Å². The summed E-state index contributed by atoms with van der Waals surface area (Å²) >= 11 is 0. The second kappa shape index (κ2) is 11.5. The number of carboxylic acid groups (broad SMARTS) is 2. The fourth-order valence-electron chi connectivity index (χ4n) is 0.867. The highest BCUT2D eigenvalue weighted by molar-refractivity contribution is 6.27. The van der Waals surface area contributed by atoms with Crippen molar-refractivity contribution >= 4 is 11.9 Å². The Labute approximate surface area is 96.1 Å². The quantitative estimate of drug-likeness (QED) is 0.416. The molecule has 0 aromatic heterocycles. The van der Waals surface area contributed by atoms with E-state index in [0.29, 0.717) is 0 Å². The monoisotopic (exact) mass is 229 g/mol. The number of terminal acetylenes is 1. The van der Waals surface area contributed by atoms with E-state index in [1.807, 2.05) is 0 Å². The summed E-state index contributed by atoms with van der Waals surface area (Å²) in [5, 5.41) is 14.8. The molecular formula is C11H19NO4. The maximum Gasteiger partial charge on any atom is 0.414 e. The smallest absolute Gasteiger partial charge is 0.414 e. The van der Waals surface area contributed by atoms with E-state index >= 15 is 0 Å². The number of carbonyl (C=O) groups is 2. The van der Waals surface area contributed by atoms with Crippen LogP contribution in [0.1, 0.15) is 26.2 Å². The third kappa shape index (κ3) is 15.0. The van der Waals surface area contributed by atoms with Gasteiger partial charge in [-0.25, -0.2) is 9.59 Å². The molecule has 0 rings (SSSR count). The van der Waals surface area contributed by atoms with Crippen molar-refractivity contribution in [3.63, 3.8) is 0 Å². The molecule has 0 saturated carbocycles. The standard InChI is InChI=1S/C9H17N.C2H2O4/c1-4-6-7-9-10(3)8-5-2;3-1(4)2(5)6/h2H,4,6-9H2,1,3H3;(H,3,4)(H,5,6). The molecule has 0 aromatic rings. The van der Waals surface area contributed by atoms with Crippen LogP contribution in [-0.2, 0) is 9.59 Å². The zero-order valence-corrected chi connectivity index (χ0v) is 9.77. The topological polar surface area (TPSA) is 77.8 Å². The Morgan fingerprint density at radius 3 is 2.06 bits per heavy atom. The van der Waals surface area contributed by atoms with Gasteiger partial charge in [-0.05, 0) is 20.0 Å². The van der Waals surface area contributed by atoms with Gasteiger partial charge in [-0.3, -0.25) is 4.90 Å². The van der Waals surface area contributed by atoms with Gasteiger partial charge in [0.25, 0.3) is 0 Å². The third-order valence-electron chi connectivity index (χ3n) is 1.69. The van der Waals surface area contributed by atoms with Crippen molar-refractivity contribution < 1.29 is 19.8 Å². The molecule has 0 spiro atoms. The normalized spacial score (nSPS) is 8.88. The van der Waals surface area contributed by atoms with Gasteiger partial charge in [0.1, 0.15) is 0 Å². The molecule has 0 aliphatic carbocycles. The highest BCUT2D eigenvalue weighted by Crippen LogP contribution is 1.94. The maximum absolute atomic E-state index is 9.10. The molecule has 5 nitrogen and oxygen atoms in total. The van der Waals surface area contributed by atoms with Crippen molar-refractivity contribution in [2.24, 2.45) is 0 Å². The zero-order valence-electron chi connectivity index (χ0n) is 9.77. The van der Waals surface area contributed by atoms with E-state index in [9.17, 15) is 0 Å². The Hall–Kier alpha value is -1.54. The molecular weight excluding hydrogens is 210 g/mol. The zero-order chi connectivity index (χ0) is 13.0. The first-order valence-electron chi connectivity index (χ1n) is 5.03. The summed E-state index contributed by atoms with van der Waals surface area (Å²) in [5.74, 6) is -1.03. The second-order valence-corrected chi connectivity index (χ2v) is 3.26. The largest absolute Gasteiger partial charge is 0.473 e. The number of rotatable bonds is 5. The minimum Gasteiger partial charge on any atom is -0.473 e. The van der Waals surface area contributed by atoms with Gasteiger partial charge in [-0.2, -0.15) is 0 Å². The van der Waals surface area contributed by atoms with Crippen LogP contribution in [0, 0.1) is 12.3 Å². The molecule has 0 radical (unpaired) electrons. The molecule has 0 bridgehead atoms. The van der Waals surface area contributed by atoms with Crippen LogP contribution in [0.5, 0.6) is 0 Å². The molecule has 0 aliphatic heterocycles. The van der Waals surface area contributed by atoms with Crippen molar-refractivity contribution in [1.82, 2.24) is 4.90 Å². The minimum atomic E-state index is -1.82. The first-order valence-corrected chi connectivity index (χ1v) is 5.03. The van der Waals surface area contributed by atoms with Crippen LogP contribution in [0.25, 0.3) is 0 Å². The summed E-state index contributed by atoms with van der Waals surface area (Å²) in [6.45, 7) is 4.13. The number of hydrogen-bond acceptors (Lipinski definition) is 3. The van der Waals surface area contributed by atoms with Gasteiger partial charge >= 0.3 is 11.9 Å². The summed E-state index contributed by atoms with van der Waals surface area (Å²) in [5.41, 5.74) is 0. The van der Waals surface area contributed by atoms with Crippen LogP contribution >= 0.6 is 0 Å². The Bertz CT molecular complexity index is 233. The SMILES string of the molecule is C#CCN(C)CCCCC.O=C(O)C(=O)O. The molecule has 0 unspecified atom stereocenters. The van der Waals surface area contributed by atoms with E-state index in [1.54, 1.807) is 0 Å². The predicted octanol–water partition coefficient (Wildman–Crippen LogP) is 0.897. The Kier molecular flexibility index (Phi) is 12.2. The van der Waals surface area contributed by atoms with E-state index in [2.05, 4.69) is 24.8 Å².